The van der Waals surface area contributed by atoms with Gasteiger partial charge < -0.3 is 4.42 Å². The molecule has 1 aliphatic heterocycles. The van der Waals surface area contributed by atoms with Crippen LogP contribution in [0.1, 0.15) is 36.2 Å². The summed E-state index contributed by atoms with van der Waals surface area (Å²) in [5.41, 5.74) is 1.27. The molecule has 1 aliphatic rings. The monoisotopic (exact) mass is 247 g/mol. The lowest BCUT2D eigenvalue weighted by Crippen LogP contribution is -2.22. The van der Waals surface area contributed by atoms with E-state index in [4.69, 9.17) is 4.42 Å². The second kappa shape index (κ2) is 4.53. The summed E-state index contributed by atoms with van der Waals surface area (Å²) in [6.07, 6.45) is 6.40. The molecule has 1 fully saturated rings. The highest BCUT2D eigenvalue weighted by Crippen LogP contribution is 2.32. The van der Waals surface area contributed by atoms with E-state index in [9.17, 15) is 0 Å². The molecule has 0 saturated carbocycles. The average molecular weight is 247 g/mol. The Balaban J connectivity index is 1.75. The minimum Gasteiger partial charge on any atom is -0.424 e. The van der Waals surface area contributed by atoms with Crippen LogP contribution in [0.15, 0.2) is 16.8 Å². The van der Waals surface area contributed by atoms with Gasteiger partial charge in [0, 0.05) is 31.8 Å². The summed E-state index contributed by atoms with van der Waals surface area (Å²) >= 11 is 0. The van der Waals surface area contributed by atoms with Crippen LogP contribution < -0.4 is 0 Å². The Morgan fingerprint density at radius 3 is 3.00 bits per heavy atom. The van der Waals surface area contributed by atoms with E-state index in [2.05, 4.69) is 26.4 Å². The Morgan fingerprint density at radius 2 is 2.33 bits per heavy atom. The van der Waals surface area contributed by atoms with Gasteiger partial charge in [-0.3, -0.25) is 9.58 Å². The lowest BCUT2D eigenvalue weighted by atomic mass is 10.1. The Bertz CT molecular complexity index is 532. The molecule has 6 heteroatoms. The molecule has 0 aromatic carbocycles. The van der Waals surface area contributed by atoms with Gasteiger partial charge in [-0.2, -0.15) is 5.10 Å². The SMILES string of the molecule is Cc1nnc(CN2CCC[C@H]2c2cnn(C)c2)o1. The van der Waals surface area contributed by atoms with Crippen LogP contribution in [0.2, 0.25) is 0 Å². The topological polar surface area (TPSA) is 60.0 Å². The first-order chi connectivity index (χ1) is 8.72. The second-order valence-corrected chi connectivity index (χ2v) is 4.79. The lowest BCUT2D eigenvalue weighted by molar-refractivity contribution is 0.222. The number of hydrogen-bond acceptors (Lipinski definition) is 5. The number of rotatable bonds is 3. The maximum Gasteiger partial charge on any atom is 0.230 e. The highest BCUT2D eigenvalue weighted by Gasteiger charge is 2.28. The van der Waals surface area contributed by atoms with Crippen LogP contribution in [0, 0.1) is 6.92 Å². The maximum absolute atomic E-state index is 5.45. The van der Waals surface area contributed by atoms with Crippen molar-refractivity contribution in [2.75, 3.05) is 6.54 Å². The molecule has 0 unspecified atom stereocenters. The molecule has 0 radical (unpaired) electrons. The van der Waals surface area contributed by atoms with Crippen LogP contribution in [0.3, 0.4) is 0 Å². The number of hydrogen-bond donors (Lipinski definition) is 0. The maximum atomic E-state index is 5.45. The van der Waals surface area contributed by atoms with Crippen LogP contribution in [0.5, 0.6) is 0 Å². The fourth-order valence-corrected chi connectivity index (χ4v) is 2.58. The van der Waals surface area contributed by atoms with E-state index in [1.807, 2.05) is 24.9 Å². The van der Waals surface area contributed by atoms with E-state index in [-0.39, 0.29) is 0 Å². The molecule has 0 aliphatic carbocycles. The van der Waals surface area contributed by atoms with Crippen molar-refractivity contribution in [3.63, 3.8) is 0 Å². The zero-order valence-electron chi connectivity index (χ0n) is 10.7. The minimum atomic E-state index is 0.422. The van der Waals surface area contributed by atoms with Crippen molar-refractivity contribution in [3.05, 3.63) is 29.7 Å². The van der Waals surface area contributed by atoms with E-state index < -0.39 is 0 Å². The molecule has 0 bridgehead atoms. The van der Waals surface area contributed by atoms with Gasteiger partial charge in [-0.15, -0.1) is 10.2 Å². The van der Waals surface area contributed by atoms with Gasteiger partial charge in [0.05, 0.1) is 12.7 Å². The molecular weight excluding hydrogens is 230 g/mol. The highest BCUT2D eigenvalue weighted by molar-refractivity contribution is 5.12. The first kappa shape index (κ1) is 11.4. The predicted octanol–water partition coefficient (Wildman–Crippen LogP) is 1.45. The molecule has 2 aromatic heterocycles. The Kier molecular flexibility index (Phi) is 2.87. The first-order valence-corrected chi connectivity index (χ1v) is 6.24. The standard InChI is InChI=1S/C12H17N5O/c1-9-14-15-12(18-9)8-17-5-3-4-11(17)10-6-13-16(2)7-10/h6-7,11H,3-5,8H2,1-2H3/t11-/m0/s1. The third-order valence-electron chi connectivity index (χ3n) is 3.38. The van der Waals surface area contributed by atoms with Gasteiger partial charge >= 0.3 is 0 Å². The molecule has 1 atom stereocenters. The van der Waals surface area contributed by atoms with E-state index in [0.717, 1.165) is 13.1 Å². The van der Waals surface area contributed by atoms with Gasteiger partial charge in [0.15, 0.2) is 0 Å². The van der Waals surface area contributed by atoms with Gasteiger partial charge in [0.1, 0.15) is 0 Å². The van der Waals surface area contributed by atoms with Crippen LogP contribution >= 0.6 is 0 Å². The van der Waals surface area contributed by atoms with Crippen molar-refractivity contribution in [2.24, 2.45) is 7.05 Å². The minimum absolute atomic E-state index is 0.422. The van der Waals surface area contributed by atoms with E-state index in [1.54, 1.807) is 0 Å². The van der Waals surface area contributed by atoms with Gasteiger partial charge in [-0.05, 0) is 19.4 Å². The molecule has 1 saturated heterocycles. The van der Waals surface area contributed by atoms with E-state index >= 15 is 0 Å². The van der Waals surface area contributed by atoms with Crippen molar-refractivity contribution in [2.45, 2.75) is 32.4 Å². The zero-order chi connectivity index (χ0) is 12.5. The van der Waals surface area contributed by atoms with Gasteiger partial charge in [0.25, 0.3) is 0 Å². The summed E-state index contributed by atoms with van der Waals surface area (Å²) in [5.74, 6) is 1.32. The van der Waals surface area contributed by atoms with Gasteiger partial charge in [-0.1, -0.05) is 0 Å². The molecule has 0 amide bonds. The fourth-order valence-electron chi connectivity index (χ4n) is 2.58. The number of likely N-dealkylation sites (tertiary alicyclic amines) is 1. The lowest BCUT2D eigenvalue weighted by Gasteiger charge is -2.21. The number of nitrogens with zero attached hydrogens (tertiary/aromatic N) is 5. The van der Waals surface area contributed by atoms with Crippen molar-refractivity contribution in [1.29, 1.82) is 0 Å². The van der Waals surface area contributed by atoms with Crippen molar-refractivity contribution in [3.8, 4) is 0 Å². The van der Waals surface area contributed by atoms with Crippen molar-refractivity contribution < 1.29 is 4.42 Å². The van der Waals surface area contributed by atoms with Crippen LogP contribution in [0.4, 0.5) is 0 Å². The third-order valence-corrected chi connectivity index (χ3v) is 3.38. The molecule has 18 heavy (non-hydrogen) atoms. The fraction of sp³-hybridized carbons (Fsp3) is 0.583. The molecule has 0 N–H and O–H groups in total. The Hall–Kier alpha value is -1.69. The van der Waals surface area contributed by atoms with E-state index in [0.29, 0.717) is 17.8 Å². The highest BCUT2D eigenvalue weighted by atomic mass is 16.4. The molecule has 6 nitrogen and oxygen atoms in total. The largest absolute Gasteiger partial charge is 0.424 e. The van der Waals surface area contributed by atoms with Crippen LogP contribution in [0.25, 0.3) is 0 Å². The normalized spacial score (nSPS) is 20.7. The summed E-state index contributed by atoms with van der Waals surface area (Å²) in [5, 5.41) is 12.2. The summed E-state index contributed by atoms with van der Waals surface area (Å²) in [7, 11) is 1.95. The Labute approximate surface area is 106 Å². The van der Waals surface area contributed by atoms with Crippen LogP contribution in [-0.2, 0) is 13.6 Å². The Morgan fingerprint density at radius 1 is 1.44 bits per heavy atom. The molecule has 3 rings (SSSR count). The summed E-state index contributed by atoms with van der Waals surface area (Å²) in [4.78, 5) is 2.38. The summed E-state index contributed by atoms with van der Waals surface area (Å²) < 4.78 is 7.30. The third kappa shape index (κ3) is 2.15. The van der Waals surface area contributed by atoms with Gasteiger partial charge in [-0.25, -0.2) is 0 Å². The number of aryl methyl sites for hydroxylation is 2. The predicted molar refractivity (Wildman–Crippen MR) is 64.6 cm³/mol. The molecule has 2 aromatic rings. The van der Waals surface area contributed by atoms with Crippen molar-refractivity contribution >= 4 is 0 Å². The molecule has 3 heterocycles. The van der Waals surface area contributed by atoms with E-state index in [1.165, 1.54) is 18.4 Å². The molecular formula is C12H17N5O. The number of aromatic nitrogens is 4. The first-order valence-electron chi connectivity index (χ1n) is 6.24. The average Bonchev–Trinajstić information content (AvgIpc) is 3.01. The summed E-state index contributed by atoms with van der Waals surface area (Å²) in [6, 6.07) is 0.422. The molecule has 0 spiro atoms. The summed E-state index contributed by atoms with van der Waals surface area (Å²) in [6.45, 7) is 3.61. The van der Waals surface area contributed by atoms with Crippen LogP contribution in [-0.4, -0.2) is 31.4 Å². The quantitative estimate of drug-likeness (QED) is 0.821. The van der Waals surface area contributed by atoms with Gasteiger partial charge in [0.2, 0.25) is 11.8 Å². The zero-order valence-corrected chi connectivity index (χ0v) is 10.7. The smallest absolute Gasteiger partial charge is 0.230 e. The second-order valence-electron chi connectivity index (χ2n) is 4.79. The molecule has 96 valence electrons. The van der Waals surface area contributed by atoms with Crippen molar-refractivity contribution in [1.82, 2.24) is 24.9 Å².